The Balaban J connectivity index is 2.03. The van der Waals surface area contributed by atoms with Crippen LogP contribution in [0.5, 0.6) is 0 Å². The molecule has 2 nitrogen and oxygen atoms in total. The minimum absolute atomic E-state index is 0.237. The van der Waals surface area contributed by atoms with Crippen molar-refractivity contribution in [1.29, 1.82) is 0 Å². The van der Waals surface area contributed by atoms with Gasteiger partial charge in [-0.3, -0.25) is 0 Å². The molecule has 1 fully saturated rings. The van der Waals surface area contributed by atoms with Gasteiger partial charge in [-0.2, -0.15) is 0 Å². The second-order valence-electron chi connectivity index (χ2n) is 4.21. The summed E-state index contributed by atoms with van der Waals surface area (Å²) in [5.74, 6) is 0.698. The van der Waals surface area contributed by atoms with Crippen LogP contribution in [0.25, 0.3) is 0 Å². The van der Waals surface area contributed by atoms with E-state index in [1.165, 1.54) is 37.0 Å². The van der Waals surface area contributed by atoms with Gasteiger partial charge in [0.25, 0.3) is 0 Å². The first kappa shape index (κ1) is 10.1. The van der Waals surface area contributed by atoms with Gasteiger partial charge in [-0.15, -0.1) is 11.3 Å². The van der Waals surface area contributed by atoms with Crippen LogP contribution in [0.4, 0.5) is 0 Å². The Hall–Kier alpha value is -0.410. The molecule has 0 saturated heterocycles. The summed E-state index contributed by atoms with van der Waals surface area (Å²) in [6.07, 6.45) is 8.67. The number of hydrogen-bond donors (Lipinski definition) is 1. The molecule has 1 atom stereocenters. The van der Waals surface area contributed by atoms with Crippen LogP contribution in [0.15, 0.2) is 6.20 Å². The second-order valence-corrected chi connectivity index (χ2v) is 5.47. The first-order chi connectivity index (χ1) is 6.77. The number of aromatic nitrogens is 1. The largest absolute Gasteiger partial charge is 0.323 e. The highest BCUT2D eigenvalue weighted by Gasteiger charge is 2.22. The smallest absolute Gasteiger partial charge is 0.0897 e. The van der Waals surface area contributed by atoms with Gasteiger partial charge in [0.1, 0.15) is 0 Å². The van der Waals surface area contributed by atoms with Crippen molar-refractivity contribution in [2.45, 2.75) is 45.1 Å². The lowest BCUT2D eigenvalue weighted by Gasteiger charge is -2.26. The second kappa shape index (κ2) is 4.41. The van der Waals surface area contributed by atoms with Crippen molar-refractivity contribution in [3.63, 3.8) is 0 Å². The highest BCUT2D eigenvalue weighted by atomic mass is 32.1. The van der Waals surface area contributed by atoms with E-state index in [-0.39, 0.29) is 6.04 Å². The van der Waals surface area contributed by atoms with Gasteiger partial charge in [0.15, 0.2) is 0 Å². The molecule has 14 heavy (non-hydrogen) atoms. The molecule has 1 heterocycles. The lowest BCUT2D eigenvalue weighted by atomic mass is 9.84. The molecule has 1 aromatic heterocycles. The monoisotopic (exact) mass is 210 g/mol. The van der Waals surface area contributed by atoms with E-state index in [2.05, 4.69) is 4.98 Å². The molecule has 0 aromatic carbocycles. The molecule has 0 aliphatic heterocycles. The number of hydrogen-bond acceptors (Lipinski definition) is 3. The molecule has 0 amide bonds. The fourth-order valence-corrected chi connectivity index (χ4v) is 3.14. The summed E-state index contributed by atoms with van der Waals surface area (Å²) >= 11 is 1.75. The number of thiazole rings is 1. The van der Waals surface area contributed by atoms with E-state index in [1.54, 1.807) is 11.3 Å². The molecule has 1 unspecified atom stereocenters. The maximum Gasteiger partial charge on any atom is 0.0897 e. The molecule has 3 heteroatoms. The summed E-state index contributed by atoms with van der Waals surface area (Å²) in [5, 5.41) is 1.13. The van der Waals surface area contributed by atoms with Gasteiger partial charge in [0.2, 0.25) is 0 Å². The standard InChI is InChI=1S/C11H18N2S/c1-8-13-7-10(14-8)11(12)9-5-3-2-4-6-9/h7,9,11H,2-6,12H2,1H3. The van der Waals surface area contributed by atoms with Crippen molar-refractivity contribution in [2.75, 3.05) is 0 Å². The van der Waals surface area contributed by atoms with Crippen LogP contribution in [0.3, 0.4) is 0 Å². The van der Waals surface area contributed by atoms with E-state index in [4.69, 9.17) is 5.73 Å². The molecule has 78 valence electrons. The van der Waals surface area contributed by atoms with Crippen molar-refractivity contribution in [3.8, 4) is 0 Å². The Morgan fingerprint density at radius 2 is 2.14 bits per heavy atom. The summed E-state index contributed by atoms with van der Waals surface area (Å²) in [7, 11) is 0. The van der Waals surface area contributed by atoms with E-state index in [9.17, 15) is 0 Å². The molecule has 1 aliphatic rings. The summed E-state index contributed by atoms with van der Waals surface area (Å²) in [5.41, 5.74) is 6.25. The van der Waals surface area contributed by atoms with Crippen LogP contribution in [0.2, 0.25) is 0 Å². The van der Waals surface area contributed by atoms with E-state index < -0.39 is 0 Å². The Kier molecular flexibility index (Phi) is 3.19. The average molecular weight is 210 g/mol. The third-order valence-corrected chi connectivity index (χ3v) is 4.14. The zero-order valence-corrected chi connectivity index (χ0v) is 9.52. The van der Waals surface area contributed by atoms with E-state index in [0.717, 1.165) is 5.01 Å². The lowest BCUT2D eigenvalue weighted by molar-refractivity contribution is 0.310. The van der Waals surface area contributed by atoms with Gasteiger partial charge >= 0.3 is 0 Å². The predicted molar refractivity (Wildman–Crippen MR) is 60.4 cm³/mol. The Morgan fingerprint density at radius 3 is 2.71 bits per heavy atom. The van der Waals surface area contributed by atoms with Crippen LogP contribution in [-0.2, 0) is 0 Å². The summed E-state index contributed by atoms with van der Waals surface area (Å²) in [4.78, 5) is 5.54. The average Bonchev–Trinajstić information content (AvgIpc) is 2.65. The maximum absolute atomic E-state index is 6.25. The van der Waals surface area contributed by atoms with Crippen LogP contribution in [-0.4, -0.2) is 4.98 Å². The van der Waals surface area contributed by atoms with Gasteiger partial charge in [-0.25, -0.2) is 4.98 Å². The van der Waals surface area contributed by atoms with Crippen LogP contribution >= 0.6 is 11.3 Å². The van der Waals surface area contributed by atoms with Gasteiger partial charge in [0.05, 0.1) is 5.01 Å². The zero-order chi connectivity index (χ0) is 9.97. The quantitative estimate of drug-likeness (QED) is 0.815. The van der Waals surface area contributed by atoms with Crippen molar-refractivity contribution >= 4 is 11.3 Å². The van der Waals surface area contributed by atoms with E-state index in [0.29, 0.717) is 5.92 Å². The predicted octanol–water partition coefficient (Wildman–Crippen LogP) is 3.03. The third-order valence-electron chi connectivity index (χ3n) is 3.13. The summed E-state index contributed by atoms with van der Waals surface area (Å²) in [6, 6.07) is 0.237. The van der Waals surface area contributed by atoms with Crippen LogP contribution in [0.1, 0.15) is 48.0 Å². The maximum atomic E-state index is 6.25. The third kappa shape index (κ3) is 2.15. The van der Waals surface area contributed by atoms with E-state index in [1.807, 2.05) is 13.1 Å². The molecule has 2 N–H and O–H groups in total. The van der Waals surface area contributed by atoms with Crippen LogP contribution < -0.4 is 5.73 Å². The molecule has 1 saturated carbocycles. The van der Waals surface area contributed by atoms with Gasteiger partial charge in [-0.05, 0) is 25.7 Å². The Bertz CT molecular complexity index is 289. The topological polar surface area (TPSA) is 38.9 Å². The summed E-state index contributed by atoms with van der Waals surface area (Å²) in [6.45, 7) is 2.04. The fourth-order valence-electron chi connectivity index (χ4n) is 2.26. The van der Waals surface area contributed by atoms with E-state index >= 15 is 0 Å². The molecule has 0 radical (unpaired) electrons. The molecule has 1 aromatic rings. The number of aryl methyl sites for hydroxylation is 1. The fraction of sp³-hybridized carbons (Fsp3) is 0.727. The van der Waals surface area contributed by atoms with Crippen molar-refractivity contribution in [1.82, 2.24) is 4.98 Å². The van der Waals surface area contributed by atoms with Crippen LogP contribution in [0, 0.1) is 12.8 Å². The van der Waals surface area contributed by atoms with Crippen molar-refractivity contribution in [2.24, 2.45) is 11.7 Å². The minimum Gasteiger partial charge on any atom is -0.323 e. The SMILES string of the molecule is Cc1ncc(C(N)C2CCCCC2)s1. The minimum atomic E-state index is 0.237. The Morgan fingerprint density at radius 1 is 1.43 bits per heavy atom. The lowest BCUT2D eigenvalue weighted by Crippen LogP contribution is -2.22. The number of nitrogens with zero attached hydrogens (tertiary/aromatic N) is 1. The first-order valence-electron chi connectivity index (χ1n) is 5.45. The summed E-state index contributed by atoms with van der Waals surface area (Å²) < 4.78 is 0. The highest BCUT2D eigenvalue weighted by molar-refractivity contribution is 7.11. The molecule has 2 rings (SSSR count). The molecular weight excluding hydrogens is 192 g/mol. The zero-order valence-electron chi connectivity index (χ0n) is 8.70. The van der Waals surface area contributed by atoms with Gasteiger partial charge in [-0.1, -0.05) is 19.3 Å². The first-order valence-corrected chi connectivity index (χ1v) is 6.27. The number of rotatable bonds is 2. The number of nitrogens with two attached hydrogens (primary N) is 1. The van der Waals surface area contributed by atoms with Gasteiger partial charge in [0, 0.05) is 17.1 Å². The molecule has 0 bridgehead atoms. The van der Waals surface area contributed by atoms with Crippen molar-refractivity contribution < 1.29 is 0 Å². The molecule has 0 spiro atoms. The molecular formula is C11H18N2S. The van der Waals surface area contributed by atoms with Gasteiger partial charge < -0.3 is 5.73 Å². The Labute approximate surface area is 89.5 Å². The molecule has 1 aliphatic carbocycles. The normalized spacial score (nSPS) is 21.0. The highest BCUT2D eigenvalue weighted by Crippen LogP contribution is 2.34. The van der Waals surface area contributed by atoms with Crippen molar-refractivity contribution in [3.05, 3.63) is 16.1 Å².